The topological polar surface area (TPSA) is 75.9 Å². The lowest BCUT2D eigenvalue weighted by Crippen LogP contribution is -2.19. The largest absolute Gasteiger partial charge is 0.416 e. The molecule has 1 aromatic carbocycles. The Morgan fingerprint density at radius 1 is 1.19 bits per heavy atom. The van der Waals surface area contributed by atoms with Crippen LogP contribution in [-0.4, -0.2) is 29.4 Å². The van der Waals surface area contributed by atoms with Crippen LogP contribution in [0.4, 0.5) is 24.7 Å². The fourth-order valence-electron chi connectivity index (χ4n) is 3.34. The van der Waals surface area contributed by atoms with Gasteiger partial charge in [0.25, 0.3) is 0 Å². The molecule has 0 aliphatic carbocycles. The third-order valence-corrected chi connectivity index (χ3v) is 5.79. The first-order valence-electron chi connectivity index (χ1n) is 9.56. The highest BCUT2D eigenvalue weighted by atomic mass is 35.5. The predicted octanol–water partition coefficient (Wildman–Crippen LogP) is 5.44. The first-order valence-corrected chi connectivity index (χ1v) is 11.1. The number of alkyl halides is 4. The van der Waals surface area contributed by atoms with Gasteiger partial charge in [0.05, 0.1) is 10.9 Å². The van der Waals surface area contributed by atoms with Gasteiger partial charge in [-0.3, -0.25) is 0 Å². The van der Waals surface area contributed by atoms with E-state index in [-0.39, 0.29) is 12.2 Å². The number of nitrogens with two attached hydrogens (primary N) is 1. The predicted molar refractivity (Wildman–Crippen MR) is 123 cm³/mol. The first kappa shape index (κ1) is 23.3. The van der Waals surface area contributed by atoms with E-state index in [0.29, 0.717) is 17.2 Å². The minimum absolute atomic E-state index is 0.0799. The van der Waals surface area contributed by atoms with Gasteiger partial charge in [0.15, 0.2) is 0 Å². The minimum atomic E-state index is -4.44. The Bertz CT molecular complexity index is 1090. The first-order chi connectivity index (χ1) is 14.8. The van der Waals surface area contributed by atoms with Crippen LogP contribution in [0.15, 0.2) is 30.3 Å². The Balaban J connectivity index is 0.00000132. The Kier molecular flexibility index (Phi) is 7.40. The number of nitrogens with zero attached hydrogens (tertiary/aromatic N) is 2. The van der Waals surface area contributed by atoms with Crippen molar-refractivity contribution in [2.24, 2.45) is 0 Å². The number of hydrogen-bond donors (Lipinski definition) is 3. The molecule has 4 rings (SSSR count). The molecule has 3 heterocycles. The maximum atomic E-state index is 13.0. The average Bonchev–Trinajstić information content (AvgIpc) is 3.17. The van der Waals surface area contributed by atoms with Crippen molar-refractivity contribution in [3.63, 3.8) is 0 Å². The van der Waals surface area contributed by atoms with E-state index in [0.717, 1.165) is 46.7 Å². The number of anilines is 2. The maximum Gasteiger partial charge on any atom is 0.416 e. The molecule has 2 aromatic heterocycles. The van der Waals surface area contributed by atoms with Crippen molar-refractivity contribution in [3.8, 4) is 0 Å². The summed E-state index contributed by atoms with van der Waals surface area (Å²) in [6, 6.07) is 5.63. The lowest BCUT2D eigenvalue weighted by atomic mass is 10.1. The lowest BCUT2D eigenvalue weighted by Gasteiger charge is -2.12. The molecule has 0 spiro atoms. The molecule has 1 aliphatic heterocycles. The van der Waals surface area contributed by atoms with Gasteiger partial charge in [0.1, 0.15) is 16.5 Å². The molecule has 0 saturated heterocycles. The molecular weight excluding hydrogens is 447 g/mol. The average molecular weight is 470 g/mol. The molecular formula is C21H23ClF3N5S. The van der Waals surface area contributed by atoms with Gasteiger partial charge in [-0.05, 0) is 55.3 Å². The summed E-state index contributed by atoms with van der Waals surface area (Å²) in [5.41, 5.74) is 6.71. The smallest absolute Gasteiger partial charge is 0.399 e. The summed E-state index contributed by atoms with van der Waals surface area (Å²) in [5, 5.41) is 7.33. The second-order valence-electron chi connectivity index (χ2n) is 6.95. The molecule has 0 fully saturated rings. The zero-order valence-corrected chi connectivity index (χ0v) is 18.7. The Hall–Kier alpha value is -2.36. The Labute approximate surface area is 187 Å². The van der Waals surface area contributed by atoms with Gasteiger partial charge in [0.2, 0.25) is 0 Å². The van der Waals surface area contributed by atoms with Crippen LogP contribution in [0.2, 0.25) is 0 Å². The van der Waals surface area contributed by atoms with E-state index in [4.69, 9.17) is 5.73 Å². The molecule has 166 valence electrons. The summed E-state index contributed by atoms with van der Waals surface area (Å²) >= 11 is 6.25. The number of fused-ring (bicyclic) bond motifs is 1. The number of nitrogen functional groups attached to an aromatic ring is 1. The number of thiophene rings is 1. The molecule has 31 heavy (non-hydrogen) atoms. The third-order valence-electron chi connectivity index (χ3n) is 4.69. The van der Waals surface area contributed by atoms with Crippen molar-refractivity contribution in [1.29, 1.82) is 0 Å². The number of halogens is 4. The van der Waals surface area contributed by atoms with Crippen molar-refractivity contribution in [2.45, 2.75) is 26.1 Å². The van der Waals surface area contributed by atoms with E-state index in [9.17, 15) is 13.2 Å². The van der Waals surface area contributed by atoms with Crippen molar-refractivity contribution >= 4 is 50.2 Å². The van der Waals surface area contributed by atoms with Crippen LogP contribution in [0.25, 0.3) is 15.8 Å². The molecule has 0 saturated carbocycles. The SMILES string of the molecule is CCl.Cc1nc(NCc2cc(N)cc(C(F)(F)F)c2)c2cc(C3=CCNCC3)sc2n1. The highest BCUT2D eigenvalue weighted by Crippen LogP contribution is 2.35. The normalized spacial score (nSPS) is 14.1. The van der Waals surface area contributed by atoms with Crippen LogP contribution in [-0.2, 0) is 12.7 Å². The minimum Gasteiger partial charge on any atom is -0.399 e. The number of aryl methyl sites for hydroxylation is 1. The van der Waals surface area contributed by atoms with Gasteiger partial charge in [-0.1, -0.05) is 6.08 Å². The standard InChI is InChI=1S/C20H20F3N5S.CH3Cl/c1-11-27-18(26-10-12-6-14(20(21,22)23)8-15(24)7-12)16-9-17(29-19(16)28-11)13-2-4-25-5-3-13;1-2/h2,6-9,25H,3-5,10,24H2,1H3,(H,26,27,28);1H3. The number of hydrogen-bond acceptors (Lipinski definition) is 6. The summed E-state index contributed by atoms with van der Waals surface area (Å²) < 4.78 is 39.1. The zero-order valence-electron chi connectivity index (χ0n) is 17.1. The van der Waals surface area contributed by atoms with Crippen molar-refractivity contribution in [1.82, 2.24) is 15.3 Å². The van der Waals surface area contributed by atoms with Crippen LogP contribution >= 0.6 is 22.9 Å². The molecule has 10 heteroatoms. The Morgan fingerprint density at radius 3 is 2.65 bits per heavy atom. The number of rotatable bonds is 4. The van der Waals surface area contributed by atoms with E-state index in [2.05, 4.69) is 44.3 Å². The number of benzene rings is 1. The Morgan fingerprint density at radius 2 is 1.97 bits per heavy atom. The van der Waals surface area contributed by atoms with Crippen LogP contribution in [0.5, 0.6) is 0 Å². The lowest BCUT2D eigenvalue weighted by molar-refractivity contribution is -0.137. The second-order valence-corrected chi connectivity index (χ2v) is 7.98. The fraction of sp³-hybridized carbons (Fsp3) is 0.333. The molecule has 0 amide bonds. The van der Waals surface area contributed by atoms with Crippen LogP contribution in [0.3, 0.4) is 0 Å². The molecule has 1 aliphatic rings. The second kappa shape index (κ2) is 9.84. The summed E-state index contributed by atoms with van der Waals surface area (Å²) in [6.45, 7) is 3.76. The fourth-order valence-corrected chi connectivity index (χ4v) is 4.48. The van der Waals surface area contributed by atoms with E-state index < -0.39 is 11.7 Å². The zero-order chi connectivity index (χ0) is 22.6. The number of nitrogens with one attached hydrogen (secondary N) is 2. The molecule has 0 radical (unpaired) electrons. The molecule has 4 N–H and O–H groups in total. The summed E-state index contributed by atoms with van der Waals surface area (Å²) in [4.78, 5) is 11.0. The maximum absolute atomic E-state index is 13.0. The molecule has 5 nitrogen and oxygen atoms in total. The highest BCUT2D eigenvalue weighted by molar-refractivity contribution is 7.19. The van der Waals surface area contributed by atoms with Crippen LogP contribution < -0.4 is 16.4 Å². The number of aromatic nitrogens is 2. The van der Waals surface area contributed by atoms with Crippen LogP contribution in [0, 0.1) is 6.92 Å². The van der Waals surface area contributed by atoms with Gasteiger partial charge in [-0.15, -0.1) is 22.9 Å². The molecule has 0 bridgehead atoms. The summed E-state index contributed by atoms with van der Waals surface area (Å²) in [7, 11) is 0. The van der Waals surface area contributed by atoms with E-state index >= 15 is 0 Å². The quantitative estimate of drug-likeness (QED) is 0.350. The summed E-state index contributed by atoms with van der Waals surface area (Å²) in [5.74, 6) is 1.22. The van der Waals surface area contributed by atoms with Gasteiger partial charge in [0, 0.05) is 30.0 Å². The van der Waals surface area contributed by atoms with E-state index in [1.165, 1.54) is 18.0 Å². The molecule has 0 atom stereocenters. The van der Waals surface area contributed by atoms with Gasteiger partial charge >= 0.3 is 6.18 Å². The monoisotopic (exact) mass is 469 g/mol. The van der Waals surface area contributed by atoms with Gasteiger partial charge in [-0.2, -0.15) is 13.2 Å². The van der Waals surface area contributed by atoms with Crippen molar-refractivity contribution in [3.05, 3.63) is 52.2 Å². The highest BCUT2D eigenvalue weighted by Gasteiger charge is 2.31. The third kappa shape index (κ3) is 5.66. The summed E-state index contributed by atoms with van der Waals surface area (Å²) in [6.07, 6.45) is 0.159. The van der Waals surface area contributed by atoms with E-state index in [1.54, 1.807) is 18.3 Å². The molecule has 0 unspecified atom stereocenters. The molecule has 3 aromatic rings. The van der Waals surface area contributed by atoms with Crippen molar-refractivity contribution in [2.75, 3.05) is 30.5 Å². The van der Waals surface area contributed by atoms with Crippen molar-refractivity contribution < 1.29 is 13.2 Å². The van der Waals surface area contributed by atoms with E-state index in [1.807, 2.05) is 0 Å². The van der Waals surface area contributed by atoms with Crippen LogP contribution in [0.1, 0.15) is 28.2 Å². The van der Waals surface area contributed by atoms with Gasteiger partial charge < -0.3 is 16.4 Å². The van der Waals surface area contributed by atoms with Gasteiger partial charge in [-0.25, -0.2) is 9.97 Å².